The molecule has 0 unspecified atom stereocenters. The van der Waals surface area contributed by atoms with Crippen molar-refractivity contribution in [2.45, 2.75) is 5.03 Å². The van der Waals surface area contributed by atoms with Crippen molar-refractivity contribution < 1.29 is 15.0 Å². The summed E-state index contributed by atoms with van der Waals surface area (Å²) in [5, 5.41) is 19.4. The Morgan fingerprint density at radius 1 is 1.22 bits per heavy atom. The van der Waals surface area contributed by atoms with Crippen molar-refractivity contribution in [3.63, 3.8) is 0 Å². The maximum absolute atomic E-state index is 11.9. The van der Waals surface area contributed by atoms with E-state index in [1.54, 1.807) is 12.3 Å². The number of rotatable bonds is 4. The standard InChI is InChI=1S/C13H11NO3S/c15-9-4-5-10(11(16)7-9)12(17)8-18-13-3-1-2-6-14-13/h1-7,15-16H,8H2. The minimum atomic E-state index is -0.207. The van der Waals surface area contributed by atoms with E-state index < -0.39 is 0 Å². The van der Waals surface area contributed by atoms with Gasteiger partial charge in [0.15, 0.2) is 5.78 Å². The van der Waals surface area contributed by atoms with Gasteiger partial charge in [0.25, 0.3) is 0 Å². The molecule has 0 aliphatic rings. The molecule has 2 rings (SSSR count). The highest BCUT2D eigenvalue weighted by Gasteiger charge is 2.12. The van der Waals surface area contributed by atoms with E-state index in [0.717, 1.165) is 11.1 Å². The van der Waals surface area contributed by atoms with Gasteiger partial charge in [-0.05, 0) is 24.3 Å². The predicted octanol–water partition coefficient (Wildman–Crippen LogP) is 2.47. The van der Waals surface area contributed by atoms with Gasteiger partial charge in [-0.15, -0.1) is 0 Å². The molecule has 0 aliphatic carbocycles. The molecule has 0 saturated heterocycles. The minimum Gasteiger partial charge on any atom is -0.508 e. The van der Waals surface area contributed by atoms with Crippen molar-refractivity contribution in [1.82, 2.24) is 4.98 Å². The summed E-state index contributed by atoms with van der Waals surface area (Å²) in [7, 11) is 0. The van der Waals surface area contributed by atoms with Crippen LogP contribution in [-0.2, 0) is 0 Å². The van der Waals surface area contributed by atoms with Crippen molar-refractivity contribution in [3.05, 3.63) is 48.2 Å². The van der Waals surface area contributed by atoms with Crippen LogP contribution in [-0.4, -0.2) is 26.7 Å². The Labute approximate surface area is 108 Å². The molecule has 92 valence electrons. The zero-order chi connectivity index (χ0) is 13.0. The third-order valence-electron chi connectivity index (χ3n) is 2.27. The number of carbonyl (C=O) groups excluding carboxylic acids is 1. The molecule has 1 heterocycles. The summed E-state index contributed by atoms with van der Waals surface area (Å²) in [6.07, 6.45) is 1.66. The fraction of sp³-hybridized carbons (Fsp3) is 0.0769. The fourth-order valence-corrected chi connectivity index (χ4v) is 2.15. The van der Waals surface area contributed by atoms with Gasteiger partial charge in [0.2, 0.25) is 0 Å². The van der Waals surface area contributed by atoms with Gasteiger partial charge in [-0.1, -0.05) is 17.8 Å². The maximum atomic E-state index is 11.9. The van der Waals surface area contributed by atoms with E-state index in [2.05, 4.69) is 4.98 Å². The lowest BCUT2D eigenvalue weighted by Gasteiger charge is -2.04. The van der Waals surface area contributed by atoms with Crippen LogP contribution in [0.15, 0.2) is 47.6 Å². The number of aromatic nitrogens is 1. The molecule has 0 aliphatic heterocycles. The van der Waals surface area contributed by atoms with Crippen LogP contribution in [0.2, 0.25) is 0 Å². The van der Waals surface area contributed by atoms with Crippen molar-refractivity contribution in [1.29, 1.82) is 0 Å². The summed E-state index contributed by atoms with van der Waals surface area (Å²) < 4.78 is 0. The molecule has 2 N–H and O–H groups in total. The first kappa shape index (κ1) is 12.4. The van der Waals surface area contributed by atoms with Crippen LogP contribution in [0.3, 0.4) is 0 Å². The number of hydrogen-bond donors (Lipinski definition) is 2. The number of aromatic hydroxyl groups is 2. The molecule has 4 nitrogen and oxygen atoms in total. The number of phenols is 2. The van der Waals surface area contributed by atoms with Crippen LogP contribution in [0.5, 0.6) is 11.5 Å². The Hall–Kier alpha value is -2.01. The van der Waals surface area contributed by atoms with E-state index in [1.807, 2.05) is 12.1 Å². The number of carbonyl (C=O) groups is 1. The van der Waals surface area contributed by atoms with Gasteiger partial charge in [0, 0.05) is 12.3 Å². The molecule has 1 aromatic heterocycles. The number of thioether (sulfide) groups is 1. The molecular formula is C13H11NO3S. The summed E-state index contributed by atoms with van der Waals surface area (Å²) in [5.41, 5.74) is 0.205. The normalized spacial score (nSPS) is 10.2. The molecule has 0 fully saturated rings. The lowest BCUT2D eigenvalue weighted by atomic mass is 10.1. The van der Waals surface area contributed by atoms with Crippen LogP contribution < -0.4 is 0 Å². The molecule has 0 bridgehead atoms. The van der Waals surface area contributed by atoms with E-state index in [0.29, 0.717) is 0 Å². The third kappa shape index (κ3) is 3.01. The quantitative estimate of drug-likeness (QED) is 0.653. The second kappa shape index (κ2) is 5.55. The lowest BCUT2D eigenvalue weighted by Crippen LogP contribution is -2.02. The van der Waals surface area contributed by atoms with Gasteiger partial charge in [-0.2, -0.15) is 0 Å². The van der Waals surface area contributed by atoms with E-state index in [9.17, 15) is 9.90 Å². The SMILES string of the molecule is O=C(CSc1ccccn1)c1ccc(O)cc1O. The Balaban J connectivity index is 2.04. The average molecular weight is 261 g/mol. The van der Waals surface area contributed by atoms with Crippen molar-refractivity contribution >= 4 is 17.5 Å². The highest BCUT2D eigenvalue weighted by molar-refractivity contribution is 7.99. The van der Waals surface area contributed by atoms with E-state index in [4.69, 9.17) is 5.11 Å². The maximum Gasteiger partial charge on any atom is 0.176 e. The molecule has 0 spiro atoms. The van der Waals surface area contributed by atoms with E-state index in [-0.39, 0.29) is 28.6 Å². The minimum absolute atomic E-state index is 0.0681. The Bertz CT molecular complexity index is 557. The van der Waals surface area contributed by atoms with Crippen LogP contribution in [0.1, 0.15) is 10.4 Å². The highest BCUT2D eigenvalue weighted by Crippen LogP contribution is 2.25. The smallest absolute Gasteiger partial charge is 0.176 e. The van der Waals surface area contributed by atoms with Gasteiger partial charge in [-0.25, -0.2) is 4.98 Å². The molecule has 0 amide bonds. The number of Topliss-reactive ketones (excluding diaryl/α,β-unsaturated/α-hetero) is 1. The first-order chi connectivity index (χ1) is 8.66. The Morgan fingerprint density at radius 3 is 2.72 bits per heavy atom. The van der Waals surface area contributed by atoms with Crippen LogP contribution in [0.4, 0.5) is 0 Å². The summed E-state index contributed by atoms with van der Waals surface area (Å²) in [6, 6.07) is 9.40. The third-order valence-corrected chi connectivity index (χ3v) is 3.21. The van der Waals surface area contributed by atoms with Crippen molar-refractivity contribution in [2.75, 3.05) is 5.75 Å². The number of pyridine rings is 1. The summed E-state index contributed by atoms with van der Waals surface area (Å²) >= 11 is 1.30. The summed E-state index contributed by atoms with van der Waals surface area (Å²) in [6.45, 7) is 0. The number of nitrogens with zero attached hydrogens (tertiary/aromatic N) is 1. The second-order valence-corrected chi connectivity index (χ2v) is 4.58. The average Bonchev–Trinajstić information content (AvgIpc) is 2.37. The van der Waals surface area contributed by atoms with Gasteiger partial charge in [-0.3, -0.25) is 4.79 Å². The highest BCUT2D eigenvalue weighted by atomic mass is 32.2. The van der Waals surface area contributed by atoms with Gasteiger partial charge >= 0.3 is 0 Å². The Kier molecular flexibility index (Phi) is 3.84. The lowest BCUT2D eigenvalue weighted by molar-refractivity contribution is 0.102. The number of benzene rings is 1. The predicted molar refractivity (Wildman–Crippen MR) is 69.1 cm³/mol. The first-order valence-electron chi connectivity index (χ1n) is 5.26. The summed E-state index contributed by atoms with van der Waals surface area (Å²) in [5.74, 6) is -0.291. The van der Waals surface area contributed by atoms with Crippen LogP contribution >= 0.6 is 11.8 Å². The summed E-state index contributed by atoms with van der Waals surface area (Å²) in [4.78, 5) is 15.9. The zero-order valence-electron chi connectivity index (χ0n) is 9.41. The van der Waals surface area contributed by atoms with Gasteiger partial charge in [0.05, 0.1) is 16.3 Å². The molecule has 0 saturated carbocycles. The van der Waals surface area contributed by atoms with Crippen LogP contribution in [0.25, 0.3) is 0 Å². The van der Waals surface area contributed by atoms with Crippen molar-refractivity contribution in [2.24, 2.45) is 0 Å². The van der Waals surface area contributed by atoms with Gasteiger partial charge < -0.3 is 10.2 Å². The number of phenolic OH excluding ortho intramolecular Hbond substituents is 2. The zero-order valence-corrected chi connectivity index (χ0v) is 10.2. The monoisotopic (exact) mass is 261 g/mol. The molecule has 18 heavy (non-hydrogen) atoms. The molecule has 0 radical (unpaired) electrons. The molecule has 2 aromatic rings. The van der Waals surface area contributed by atoms with E-state index >= 15 is 0 Å². The Morgan fingerprint density at radius 2 is 2.06 bits per heavy atom. The molecule has 0 atom stereocenters. The molecular weight excluding hydrogens is 250 g/mol. The second-order valence-electron chi connectivity index (χ2n) is 3.58. The van der Waals surface area contributed by atoms with Crippen LogP contribution in [0, 0.1) is 0 Å². The van der Waals surface area contributed by atoms with Gasteiger partial charge in [0.1, 0.15) is 11.5 Å². The first-order valence-corrected chi connectivity index (χ1v) is 6.24. The van der Waals surface area contributed by atoms with E-state index in [1.165, 1.54) is 23.9 Å². The number of hydrogen-bond acceptors (Lipinski definition) is 5. The largest absolute Gasteiger partial charge is 0.508 e. The molecule has 5 heteroatoms. The molecule has 1 aromatic carbocycles. The van der Waals surface area contributed by atoms with Crippen molar-refractivity contribution in [3.8, 4) is 11.5 Å². The fourth-order valence-electron chi connectivity index (χ4n) is 1.41. The number of ketones is 1. The topological polar surface area (TPSA) is 70.4 Å².